The highest BCUT2D eigenvalue weighted by atomic mass is 79.9. The van der Waals surface area contributed by atoms with Crippen LogP contribution in [0.1, 0.15) is 15.9 Å². The lowest BCUT2D eigenvalue weighted by Crippen LogP contribution is -2.15. The van der Waals surface area contributed by atoms with Gasteiger partial charge in [-0.05, 0) is 36.8 Å². The number of alkyl halides is 2. The molecule has 7 heteroatoms. The number of ether oxygens (including phenoxy) is 2. The Labute approximate surface area is 140 Å². The zero-order valence-corrected chi connectivity index (χ0v) is 14.0. The van der Waals surface area contributed by atoms with Gasteiger partial charge in [-0.2, -0.15) is 8.78 Å². The molecular weight excluding hydrogens is 372 g/mol. The van der Waals surface area contributed by atoms with E-state index in [0.29, 0.717) is 10.2 Å². The van der Waals surface area contributed by atoms with Crippen LogP contribution >= 0.6 is 15.9 Å². The van der Waals surface area contributed by atoms with Crippen LogP contribution in [0.3, 0.4) is 0 Å². The van der Waals surface area contributed by atoms with Gasteiger partial charge >= 0.3 is 6.61 Å². The largest absolute Gasteiger partial charge is 0.496 e. The molecule has 0 aliphatic heterocycles. The fourth-order valence-corrected chi connectivity index (χ4v) is 2.70. The number of para-hydroxylation sites is 2. The lowest BCUT2D eigenvalue weighted by molar-refractivity contribution is -0.0493. The highest BCUT2D eigenvalue weighted by molar-refractivity contribution is 9.10. The molecule has 2 rings (SSSR count). The first kappa shape index (κ1) is 17.2. The lowest BCUT2D eigenvalue weighted by atomic mass is 10.1. The third-order valence-corrected chi connectivity index (χ3v) is 3.50. The predicted octanol–water partition coefficient (Wildman–Crippen LogP) is 4.62. The number of rotatable bonds is 5. The lowest BCUT2D eigenvalue weighted by Gasteiger charge is -2.14. The maximum Gasteiger partial charge on any atom is 0.387 e. The van der Waals surface area contributed by atoms with Crippen molar-refractivity contribution in [2.45, 2.75) is 13.5 Å². The van der Waals surface area contributed by atoms with Gasteiger partial charge in [0.15, 0.2) is 0 Å². The van der Waals surface area contributed by atoms with Crippen molar-refractivity contribution in [3.8, 4) is 11.5 Å². The predicted molar refractivity (Wildman–Crippen MR) is 86.5 cm³/mol. The monoisotopic (exact) mass is 385 g/mol. The van der Waals surface area contributed by atoms with Crippen LogP contribution in [0.15, 0.2) is 40.9 Å². The number of anilines is 1. The van der Waals surface area contributed by atoms with Crippen LogP contribution in [-0.4, -0.2) is 19.6 Å². The average Bonchev–Trinajstić information content (AvgIpc) is 2.48. The summed E-state index contributed by atoms with van der Waals surface area (Å²) in [6.07, 6.45) is 0. The Bertz CT molecular complexity index is 722. The molecule has 23 heavy (non-hydrogen) atoms. The van der Waals surface area contributed by atoms with Gasteiger partial charge in [0.25, 0.3) is 5.91 Å². The summed E-state index contributed by atoms with van der Waals surface area (Å²) in [5.41, 5.74) is 1.20. The minimum atomic E-state index is -2.98. The first-order chi connectivity index (χ1) is 10.9. The van der Waals surface area contributed by atoms with E-state index in [1.807, 2.05) is 6.07 Å². The molecule has 0 saturated carbocycles. The van der Waals surface area contributed by atoms with Crippen LogP contribution in [-0.2, 0) is 0 Å². The third-order valence-electron chi connectivity index (χ3n) is 3.04. The normalized spacial score (nSPS) is 10.5. The van der Waals surface area contributed by atoms with E-state index >= 15 is 0 Å². The smallest absolute Gasteiger partial charge is 0.387 e. The average molecular weight is 386 g/mol. The second-order valence-electron chi connectivity index (χ2n) is 4.63. The molecule has 4 nitrogen and oxygen atoms in total. The third kappa shape index (κ3) is 4.19. The van der Waals surface area contributed by atoms with Gasteiger partial charge in [-0.25, -0.2) is 0 Å². The number of halogens is 3. The SMILES string of the molecule is COc1c(C)cc(Br)cc1C(=O)Nc1ccccc1OC(F)F. The Morgan fingerprint density at radius 3 is 2.61 bits per heavy atom. The summed E-state index contributed by atoms with van der Waals surface area (Å²) in [7, 11) is 1.46. The van der Waals surface area contributed by atoms with E-state index in [-0.39, 0.29) is 17.0 Å². The highest BCUT2D eigenvalue weighted by Gasteiger charge is 2.18. The summed E-state index contributed by atoms with van der Waals surface area (Å²) in [6.45, 7) is -1.18. The van der Waals surface area contributed by atoms with Gasteiger partial charge in [-0.3, -0.25) is 4.79 Å². The van der Waals surface area contributed by atoms with E-state index in [4.69, 9.17) is 4.74 Å². The van der Waals surface area contributed by atoms with E-state index in [1.165, 1.54) is 25.3 Å². The molecular formula is C16H14BrF2NO3. The van der Waals surface area contributed by atoms with Crippen molar-refractivity contribution in [3.05, 3.63) is 52.0 Å². The molecule has 0 aliphatic rings. The van der Waals surface area contributed by atoms with E-state index in [0.717, 1.165) is 5.56 Å². The van der Waals surface area contributed by atoms with Gasteiger partial charge in [0.2, 0.25) is 0 Å². The Balaban J connectivity index is 2.34. The molecule has 1 N–H and O–H groups in total. The Morgan fingerprint density at radius 2 is 1.96 bits per heavy atom. The zero-order valence-electron chi connectivity index (χ0n) is 12.4. The van der Waals surface area contributed by atoms with Gasteiger partial charge in [0.05, 0.1) is 18.4 Å². The summed E-state index contributed by atoms with van der Waals surface area (Å²) in [5.74, 6) is -0.184. The standard InChI is InChI=1S/C16H14BrF2NO3/c1-9-7-10(17)8-11(14(9)22-2)15(21)20-12-5-3-4-6-13(12)23-16(18)19/h3-8,16H,1-2H3,(H,20,21). The molecule has 0 radical (unpaired) electrons. The van der Waals surface area contributed by atoms with Crippen LogP contribution in [0.2, 0.25) is 0 Å². The quantitative estimate of drug-likeness (QED) is 0.816. The number of carbonyl (C=O) groups is 1. The molecule has 0 spiro atoms. The molecule has 0 unspecified atom stereocenters. The van der Waals surface area contributed by atoms with E-state index in [1.54, 1.807) is 19.1 Å². The van der Waals surface area contributed by atoms with Crippen LogP contribution < -0.4 is 14.8 Å². The Hall–Kier alpha value is -2.15. The van der Waals surface area contributed by atoms with Crippen molar-refractivity contribution < 1.29 is 23.0 Å². The van der Waals surface area contributed by atoms with Crippen molar-refractivity contribution in [2.24, 2.45) is 0 Å². The topological polar surface area (TPSA) is 47.6 Å². The minimum Gasteiger partial charge on any atom is -0.496 e. The van der Waals surface area contributed by atoms with Crippen molar-refractivity contribution in [1.82, 2.24) is 0 Å². The summed E-state index contributed by atoms with van der Waals surface area (Å²) in [6, 6.07) is 9.38. The number of hydrogen-bond donors (Lipinski definition) is 1. The number of aryl methyl sites for hydroxylation is 1. The molecule has 0 saturated heterocycles. The first-order valence-corrected chi connectivity index (χ1v) is 7.41. The van der Waals surface area contributed by atoms with Gasteiger partial charge in [-0.1, -0.05) is 28.1 Å². The van der Waals surface area contributed by atoms with Crippen molar-refractivity contribution in [3.63, 3.8) is 0 Å². The van der Waals surface area contributed by atoms with Gasteiger partial charge in [0, 0.05) is 4.47 Å². The summed E-state index contributed by atoms with van der Waals surface area (Å²) in [5, 5.41) is 2.56. The zero-order chi connectivity index (χ0) is 17.0. The minimum absolute atomic E-state index is 0.110. The summed E-state index contributed by atoms with van der Waals surface area (Å²) >= 11 is 3.32. The number of hydrogen-bond acceptors (Lipinski definition) is 3. The molecule has 0 atom stereocenters. The highest BCUT2D eigenvalue weighted by Crippen LogP contribution is 2.30. The van der Waals surface area contributed by atoms with Crippen LogP contribution in [0.5, 0.6) is 11.5 Å². The Kier molecular flexibility index (Phi) is 5.54. The number of carbonyl (C=O) groups excluding carboxylic acids is 1. The van der Waals surface area contributed by atoms with E-state index in [2.05, 4.69) is 26.0 Å². The van der Waals surface area contributed by atoms with Crippen molar-refractivity contribution in [2.75, 3.05) is 12.4 Å². The molecule has 0 aromatic heterocycles. The molecule has 2 aromatic carbocycles. The maximum absolute atomic E-state index is 12.5. The fraction of sp³-hybridized carbons (Fsp3) is 0.188. The first-order valence-electron chi connectivity index (χ1n) is 6.61. The molecule has 0 aliphatic carbocycles. The molecule has 122 valence electrons. The number of methoxy groups -OCH3 is 1. The Morgan fingerprint density at radius 1 is 1.26 bits per heavy atom. The fourth-order valence-electron chi connectivity index (χ4n) is 2.13. The second kappa shape index (κ2) is 7.41. The number of nitrogens with one attached hydrogen (secondary N) is 1. The van der Waals surface area contributed by atoms with Gasteiger partial charge < -0.3 is 14.8 Å². The second-order valence-corrected chi connectivity index (χ2v) is 5.55. The molecule has 0 fully saturated rings. The van der Waals surface area contributed by atoms with Gasteiger partial charge in [0.1, 0.15) is 11.5 Å². The van der Waals surface area contributed by atoms with E-state index < -0.39 is 12.5 Å². The molecule has 2 aromatic rings. The molecule has 0 bridgehead atoms. The summed E-state index contributed by atoms with van der Waals surface area (Å²) in [4.78, 5) is 12.5. The van der Waals surface area contributed by atoms with Crippen LogP contribution in [0.4, 0.5) is 14.5 Å². The maximum atomic E-state index is 12.5. The molecule has 0 heterocycles. The number of benzene rings is 2. The van der Waals surface area contributed by atoms with Crippen molar-refractivity contribution >= 4 is 27.5 Å². The summed E-state index contributed by atoms with van der Waals surface area (Å²) < 4.78 is 35.2. The van der Waals surface area contributed by atoms with Crippen LogP contribution in [0.25, 0.3) is 0 Å². The van der Waals surface area contributed by atoms with Crippen LogP contribution in [0, 0.1) is 6.92 Å². The van der Waals surface area contributed by atoms with E-state index in [9.17, 15) is 13.6 Å². The van der Waals surface area contributed by atoms with Gasteiger partial charge in [-0.15, -0.1) is 0 Å². The van der Waals surface area contributed by atoms with Crippen molar-refractivity contribution in [1.29, 1.82) is 0 Å². The number of amides is 1. The molecule has 1 amide bonds.